The van der Waals surface area contributed by atoms with Crippen molar-refractivity contribution in [3.05, 3.63) is 24.8 Å². The Kier molecular flexibility index (Phi) is 15.5. The molecule has 0 saturated carbocycles. The lowest BCUT2D eigenvalue weighted by Crippen LogP contribution is -2.01. The predicted octanol–water partition coefficient (Wildman–Crippen LogP) is 1.87. The Hall–Kier alpha value is -2.46. The van der Waals surface area contributed by atoms with Crippen molar-refractivity contribution in [1.29, 1.82) is 0 Å². The smallest absolute Gasteiger partial charge is 0.384 e. The molecule has 0 atom stereocenters. The second-order valence-electron chi connectivity index (χ2n) is 2.90. The summed E-state index contributed by atoms with van der Waals surface area (Å²) in [6.45, 7) is 7.54. The van der Waals surface area contributed by atoms with Crippen LogP contribution < -0.4 is 0 Å². The summed E-state index contributed by atoms with van der Waals surface area (Å²) in [4.78, 5) is 20.7. The van der Waals surface area contributed by atoms with E-state index < -0.39 is 11.9 Å². The van der Waals surface area contributed by atoms with E-state index in [9.17, 15) is 9.59 Å². The zero-order valence-corrected chi connectivity index (χ0v) is 11.3. The molecule has 0 saturated heterocycles. The highest BCUT2D eigenvalue weighted by molar-refractivity contribution is 5.88. The van der Waals surface area contributed by atoms with Crippen LogP contribution in [0.15, 0.2) is 24.8 Å². The Morgan fingerprint density at radius 1 is 1.32 bits per heavy atom. The largest absolute Gasteiger partial charge is 0.456 e. The SMILES string of the molecule is C#CC(=O)OCC=CC.C=CCCOC(=O)C#CC. The number of terminal acetylenes is 1. The predicted molar refractivity (Wildman–Crippen MR) is 73.8 cm³/mol. The molecule has 0 spiro atoms. The highest BCUT2D eigenvalue weighted by Gasteiger charge is 1.92. The Morgan fingerprint density at radius 2 is 2.00 bits per heavy atom. The number of rotatable bonds is 5. The van der Waals surface area contributed by atoms with Crippen LogP contribution in [0.5, 0.6) is 0 Å². The Balaban J connectivity index is 0. The number of ether oxygens (including phenoxy) is 2. The van der Waals surface area contributed by atoms with Gasteiger partial charge in [0.2, 0.25) is 0 Å². The maximum absolute atomic E-state index is 10.5. The van der Waals surface area contributed by atoms with E-state index in [0.717, 1.165) is 0 Å². The third-order valence-electron chi connectivity index (χ3n) is 1.45. The van der Waals surface area contributed by atoms with Crippen LogP contribution in [0.3, 0.4) is 0 Å². The Morgan fingerprint density at radius 3 is 2.47 bits per heavy atom. The van der Waals surface area contributed by atoms with Crippen molar-refractivity contribution in [2.45, 2.75) is 20.3 Å². The quantitative estimate of drug-likeness (QED) is 0.249. The molecule has 0 fully saturated rings. The van der Waals surface area contributed by atoms with Gasteiger partial charge in [0.15, 0.2) is 0 Å². The van der Waals surface area contributed by atoms with Crippen LogP contribution in [0.4, 0.5) is 0 Å². The number of hydrogen-bond acceptors (Lipinski definition) is 4. The van der Waals surface area contributed by atoms with E-state index in [1.807, 2.05) is 12.8 Å². The van der Waals surface area contributed by atoms with Crippen molar-refractivity contribution in [2.24, 2.45) is 0 Å². The molecule has 19 heavy (non-hydrogen) atoms. The van der Waals surface area contributed by atoms with E-state index >= 15 is 0 Å². The third-order valence-corrected chi connectivity index (χ3v) is 1.45. The van der Waals surface area contributed by atoms with E-state index in [2.05, 4.69) is 27.9 Å². The van der Waals surface area contributed by atoms with Crippen molar-refractivity contribution in [3.8, 4) is 24.2 Å². The van der Waals surface area contributed by atoms with E-state index in [1.54, 1.807) is 25.2 Å². The minimum Gasteiger partial charge on any atom is -0.456 e. The number of carbonyl (C=O) groups excluding carboxylic acids is 2. The van der Waals surface area contributed by atoms with Gasteiger partial charge in [0.05, 0.1) is 6.61 Å². The normalized spacial score (nSPS) is 8.05. The van der Waals surface area contributed by atoms with Crippen molar-refractivity contribution >= 4 is 11.9 Å². The molecule has 4 nitrogen and oxygen atoms in total. The molecule has 0 aromatic heterocycles. The fourth-order valence-electron chi connectivity index (χ4n) is 0.635. The van der Waals surface area contributed by atoms with Gasteiger partial charge in [-0.3, -0.25) is 0 Å². The third kappa shape index (κ3) is 18.1. The molecule has 0 aromatic carbocycles. The zero-order chi connectivity index (χ0) is 14.9. The van der Waals surface area contributed by atoms with Crippen LogP contribution in [0.25, 0.3) is 0 Å². The lowest BCUT2D eigenvalue weighted by atomic mass is 10.4. The van der Waals surface area contributed by atoms with Gasteiger partial charge in [-0.2, -0.15) is 0 Å². The Labute approximate surface area is 114 Å². The van der Waals surface area contributed by atoms with Gasteiger partial charge in [-0.15, -0.1) is 13.0 Å². The fourth-order valence-corrected chi connectivity index (χ4v) is 0.635. The molecule has 0 aliphatic rings. The van der Waals surface area contributed by atoms with Crippen molar-refractivity contribution in [3.63, 3.8) is 0 Å². The fraction of sp³-hybridized carbons (Fsp3) is 0.333. The standard InChI is InChI=1S/C8H10O2.C7H8O2/c1-3-5-7-10-8(9)6-4-2;1-3-5-6-9-7(8)4-2/h3H,1,5,7H2,2H3;2-3,5H,6H2,1H3. The Bertz CT molecular complexity index is 402. The molecular formula is C15H18O4. The van der Waals surface area contributed by atoms with Crippen LogP contribution in [0.2, 0.25) is 0 Å². The first-order valence-electron chi connectivity index (χ1n) is 5.57. The van der Waals surface area contributed by atoms with Crippen molar-refractivity contribution in [2.75, 3.05) is 13.2 Å². The average Bonchev–Trinajstić information content (AvgIpc) is 2.40. The molecule has 0 amide bonds. The van der Waals surface area contributed by atoms with Gasteiger partial charge < -0.3 is 9.47 Å². The number of allylic oxidation sites excluding steroid dienone is 1. The van der Waals surface area contributed by atoms with Gasteiger partial charge in [-0.05, 0) is 20.3 Å². The van der Waals surface area contributed by atoms with Gasteiger partial charge in [0.1, 0.15) is 6.61 Å². The maximum atomic E-state index is 10.5. The summed E-state index contributed by atoms with van der Waals surface area (Å²) in [6, 6.07) is 0. The lowest BCUT2D eigenvalue weighted by molar-refractivity contribution is -0.137. The first kappa shape index (κ1) is 18.9. The highest BCUT2D eigenvalue weighted by Crippen LogP contribution is 1.82. The molecule has 0 rings (SSSR count). The zero-order valence-electron chi connectivity index (χ0n) is 11.3. The molecule has 0 aliphatic carbocycles. The second-order valence-corrected chi connectivity index (χ2v) is 2.90. The summed E-state index contributed by atoms with van der Waals surface area (Å²) < 4.78 is 9.11. The molecule has 0 N–H and O–H groups in total. The molecule has 0 unspecified atom stereocenters. The number of carbonyl (C=O) groups is 2. The van der Waals surface area contributed by atoms with Gasteiger partial charge >= 0.3 is 11.9 Å². The van der Waals surface area contributed by atoms with E-state index in [-0.39, 0.29) is 6.61 Å². The molecular weight excluding hydrogens is 244 g/mol. The highest BCUT2D eigenvalue weighted by atomic mass is 16.5. The molecule has 0 bridgehead atoms. The van der Waals surface area contributed by atoms with Crippen LogP contribution in [-0.4, -0.2) is 25.2 Å². The molecule has 0 aliphatic heterocycles. The average molecular weight is 262 g/mol. The van der Waals surface area contributed by atoms with Crippen LogP contribution in [0, 0.1) is 24.2 Å². The first-order valence-corrected chi connectivity index (χ1v) is 5.57. The maximum Gasteiger partial charge on any atom is 0.384 e. The van der Waals surface area contributed by atoms with Crippen molar-refractivity contribution in [1.82, 2.24) is 0 Å². The van der Waals surface area contributed by atoms with Gasteiger partial charge in [-0.1, -0.05) is 24.1 Å². The summed E-state index contributed by atoms with van der Waals surface area (Å²) in [5.74, 6) is 5.45. The van der Waals surface area contributed by atoms with Gasteiger partial charge in [-0.25, -0.2) is 9.59 Å². The molecule has 0 radical (unpaired) electrons. The lowest BCUT2D eigenvalue weighted by Gasteiger charge is -1.94. The van der Waals surface area contributed by atoms with Gasteiger partial charge in [0.25, 0.3) is 0 Å². The van der Waals surface area contributed by atoms with Crippen LogP contribution >= 0.6 is 0 Å². The summed E-state index contributed by atoms with van der Waals surface area (Å²) >= 11 is 0. The van der Waals surface area contributed by atoms with Crippen molar-refractivity contribution < 1.29 is 19.1 Å². The second kappa shape index (κ2) is 15.5. The topological polar surface area (TPSA) is 52.6 Å². The van der Waals surface area contributed by atoms with Gasteiger partial charge in [0, 0.05) is 11.8 Å². The summed E-state index contributed by atoms with van der Waals surface area (Å²) in [5.41, 5.74) is 0. The monoisotopic (exact) mass is 262 g/mol. The van der Waals surface area contributed by atoms with E-state index in [1.165, 1.54) is 0 Å². The minimum absolute atomic E-state index is 0.263. The first-order chi connectivity index (χ1) is 9.12. The summed E-state index contributed by atoms with van der Waals surface area (Å²) in [6.07, 6.45) is 10.6. The van der Waals surface area contributed by atoms with Crippen LogP contribution in [0.1, 0.15) is 20.3 Å². The van der Waals surface area contributed by atoms with E-state index in [4.69, 9.17) is 6.42 Å². The summed E-state index contributed by atoms with van der Waals surface area (Å²) in [5, 5.41) is 0. The molecule has 4 heteroatoms. The molecule has 0 heterocycles. The molecule has 102 valence electrons. The summed E-state index contributed by atoms with van der Waals surface area (Å²) in [7, 11) is 0. The van der Waals surface area contributed by atoms with E-state index in [0.29, 0.717) is 13.0 Å². The number of hydrogen-bond donors (Lipinski definition) is 0. The minimum atomic E-state index is -0.617. The van der Waals surface area contributed by atoms with Crippen LogP contribution in [-0.2, 0) is 19.1 Å². The molecule has 0 aromatic rings. The number of esters is 2.